The number of nitrogens with zero attached hydrogens (tertiary/aromatic N) is 1. The van der Waals surface area contributed by atoms with E-state index in [9.17, 15) is 14.4 Å². The number of rotatable bonds is 7. The molecule has 1 aliphatic heterocycles. The molecule has 0 aromatic rings. The van der Waals surface area contributed by atoms with Crippen LogP contribution in [0.2, 0.25) is 0 Å². The first-order valence-electron chi connectivity index (χ1n) is 6.61. The number of carbonyl (C=O) groups is 3. The molecule has 0 spiro atoms. The van der Waals surface area contributed by atoms with Crippen LogP contribution in [0, 0.1) is 5.92 Å². The van der Waals surface area contributed by atoms with Crippen molar-refractivity contribution in [3.05, 3.63) is 0 Å². The topological polar surface area (TPSA) is 63.7 Å². The van der Waals surface area contributed by atoms with Crippen molar-refractivity contribution in [2.75, 3.05) is 19.7 Å². The summed E-state index contributed by atoms with van der Waals surface area (Å²) < 4.78 is 4.80. The van der Waals surface area contributed by atoms with E-state index in [0.29, 0.717) is 6.54 Å². The zero-order chi connectivity index (χ0) is 13.5. The normalized spacial score (nSPS) is 19.4. The molecule has 1 fully saturated rings. The zero-order valence-corrected chi connectivity index (χ0v) is 11.1. The summed E-state index contributed by atoms with van der Waals surface area (Å²) in [4.78, 5) is 36.3. The Labute approximate surface area is 107 Å². The molecule has 1 rings (SSSR count). The summed E-state index contributed by atoms with van der Waals surface area (Å²) in [6.07, 6.45) is 4.16. The van der Waals surface area contributed by atoms with Crippen LogP contribution in [0.25, 0.3) is 0 Å². The van der Waals surface area contributed by atoms with Crippen LogP contribution in [-0.4, -0.2) is 42.3 Å². The zero-order valence-electron chi connectivity index (χ0n) is 11.1. The molecule has 0 aliphatic carbocycles. The number of unbranched alkanes of at least 4 members (excludes halogenated alkanes) is 3. The third-order valence-electron chi connectivity index (χ3n) is 3.07. The van der Waals surface area contributed by atoms with Crippen LogP contribution in [-0.2, 0) is 19.1 Å². The summed E-state index contributed by atoms with van der Waals surface area (Å²) in [5.41, 5.74) is 0. The number of likely N-dealkylation sites (tertiary alicyclic amines) is 1. The van der Waals surface area contributed by atoms with Crippen LogP contribution in [0.4, 0.5) is 0 Å². The second-order valence-electron chi connectivity index (χ2n) is 4.48. The van der Waals surface area contributed by atoms with Gasteiger partial charge >= 0.3 is 5.97 Å². The molecule has 1 saturated heterocycles. The molecular weight excluding hydrogens is 234 g/mol. The molecule has 0 radical (unpaired) electrons. The molecule has 18 heavy (non-hydrogen) atoms. The van der Waals surface area contributed by atoms with Gasteiger partial charge in [0.25, 0.3) is 5.91 Å². The molecule has 0 N–H and O–H groups in total. The summed E-state index contributed by atoms with van der Waals surface area (Å²) in [5.74, 6) is -2.65. The highest BCUT2D eigenvalue weighted by Gasteiger charge is 2.43. The Balaban J connectivity index is 2.46. The highest BCUT2D eigenvalue weighted by molar-refractivity contribution is 6.42. The number of Topliss-reactive ketones (excluding diaryl/α,β-unsaturated/α-hetero) is 1. The lowest BCUT2D eigenvalue weighted by atomic mass is 10.1. The monoisotopic (exact) mass is 255 g/mol. The van der Waals surface area contributed by atoms with Crippen molar-refractivity contribution in [1.82, 2.24) is 4.90 Å². The van der Waals surface area contributed by atoms with Gasteiger partial charge in [-0.05, 0) is 13.3 Å². The minimum Gasteiger partial charge on any atom is -0.465 e. The fourth-order valence-corrected chi connectivity index (χ4v) is 2.04. The summed E-state index contributed by atoms with van der Waals surface area (Å²) >= 11 is 0. The number of ether oxygens (including phenoxy) is 1. The van der Waals surface area contributed by atoms with Gasteiger partial charge in [-0.15, -0.1) is 0 Å². The smallest absolute Gasteiger partial charge is 0.318 e. The predicted molar refractivity (Wildman–Crippen MR) is 65.9 cm³/mol. The molecule has 102 valence electrons. The van der Waals surface area contributed by atoms with Crippen molar-refractivity contribution >= 4 is 17.7 Å². The lowest BCUT2D eigenvalue weighted by Gasteiger charge is -2.14. The fourth-order valence-electron chi connectivity index (χ4n) is 2.04. The Bertz CT molecular complexity index is 327. The molecule has 0 bridgehead atoms. The van der Waals surface area contributed by atoms with Crippen molar-refractivity contribution in [1.29, 1.82) is 0 Å². The minimum atomic E-state index is -0.913. The lowest BCUT2D eigenvalue weighted by molar-refractivity contribution is -0.151. The SMILES string of the molecule is CCCCCCN1C[C@H](C(=O)OCC)C(=O)C1=O. The molecule has 5 heteroatoms. The summed E-state index contributed by atoms with van der Waals surface area (Å²) in [6.45, 7) is 4.76. The van der Waals surface area contributed by atoms with Crippen molar-refractivity contribution in [3.63, 3.8) is 0 Å². The highest BCUT2D eigenvalue weighted by atomic mass is 16.5. The Morgan fingerprint density at radius 3 is 2.61 bits per heavy atom. The maximum atomic E-state index is 11.7. The van der Waals surface area contributed by atoms with E-state index >= 15 is 0 Å². The van der Waals surface area contributed by atoms with E-state index in [2.05, 4.69) is 6.92 Å². The van der Waals surface area contributed by atoms with Crippen molar-refractivity contribution in [2.45, 2.75) is 39.5 Å². The maximum absolute atomic E-state index is 11.7. The molecule has 0 aromatic carbocycles. The number of amides is 1. The quantitative estimate of drug-likeness (QED) is 0.296. The lowest BCUT2D eigenvalue weighted by Crippen LogP contribution is -2.28. The maximum Gasteiger partial charge on any atom is 0.318 e. The molecule has 1 amide bonds. The average Bonchev–Trinajstić information content (AvgIpc) is 2.63. The Morgan fingerprint density at radius 2 is 2.00 bits per heavy atom. The van der Waals surface area contributed by atoms with Gasteiger partial charge in [-0.25, -0.2) is 0 Å². The number of esters is 1. The summed E-state index contributed by atoms with van der Waals surface area (Å²) in [6, 6.07) is 0. The van der Waals surface area contributed by atoms with E-state index in [4.69, 9.17) is 4.74 Å². The van der Waals surface area contributed by atoms with Crippen LogP contribution in [0.5, 0.6) is 0 Å². The van der Waals surface area contributed by atoms with Gasteiger partial charge in [-0.3, -0.25) is 14.4 Å². The summed E-state index contributed by atoms with van der Waals surface area (Å²) in [5, 5.41) is 0. The Hall–Kier alpha value is -1.39. The fraction of sp³-hybridized carbons (Fsp3) is 0.769. The van der Waals surface area contributed by atoms with E-state index in [1.165, 1.54) is 4.90 Å². The van der Waals surface area contributed by atoms with Gasteiger partial charge in [0.2, 0.25) is 5.78 Å². The minimum absolute atomic E-state index is 0.183. The van der Waals surface area contributed by atoms with Gasteiger partial charge < -0.3 is 9.64 Å². The third-order valence-corrected chi connectivity index (χ3v) is 3.07. The van der Waals surface area contributed by atoms with Crippen molar-refractivity contribution in [2.24, 2.45) is 5.92 Å². The standard InChI is InChI=1S/C13H21NO4/c1-3-5-6-7-8-14-9-10(11(15)12(14)16)13(17)18-4-2/h10H,3-9H2,1-2H3/t10-/m0/s1. The van der Waals surface area contributed by atoms with Crippen LogP contribution in [0.15, 0.2) is 0 Å². The van der Waals surface area contributed by atoms with Gasteiger partial charge in [0.05, 0.1) is 6.61 Å². The molecule has 0 unspecified atom stereocenters. The van der Waals surface area contributed by atoms with E-state index in [0.717, 1.165) is 25.7 Å². The second kappa shape index (κ2) is 7.13. The van der Waals surface area contributed by atoms with Crippen molar-refractivity contribution < 1.29 is 19.1 Å². The molecule has 1 atom stereocenters. The first-order chi connectivity index (χ1) is 8.61. The first kappa shape index (κ1) is 14.7. The van der Waals surface area contributed by atoms with E-state index in [1.807, 2.05) is 0 Å². The van der Waals surface area contributed by atoms with Gasteiger partial charge in [0, 0.05) is 13.1 Å². The van der Waals surface area contributed by atoms with Crippen LogP contribution in [0.3, 0.4) is 0 Å². The second-order valence-corrected chi connectivity index (χ2v) is 4.48. The molecule has 0 aromatic heterocycles. The molecule has 1 aliphatic rings. The molecule has 1 heterocycles. The highest BCUT2D eigenvalue weighted by Crippen LogP contribution is 2.17. The molecule has 0 saturated carbocycles. The van der Waals surface area contributed by atoms with Gasteiger partial charge in [0.1, 0.15) is 5.92 Å². The molecular formula is C13H21NO4. The Morgan fingerprint density at radius 1 is 1.28 bits per heavy atom. The number of ketones is 1. The number of carbonyl (C=O) groups excluding carboxylic acids is 3. The van der Waals surface area contributed by atoms with E-state index < -0.39 is 23.6 Å². The predicted octanol–water partition coefficient (Wildman–Crippen LogP) is 1.16. The van der Waals surface area contributed by atoms with E-state index in [1.54, 1.807) is 6.92 Å². The van der Waals surface area contributed by atoms with Crippen LogP contribution < -0.4 is 0 Å². The largest absolute Gasteiger partial charge is 0.465 e. The van der Waals surface area contributed by atoms with Crippen LogP contribution in [0.1, 0.15) is 39.5 Å². The summed E-state index contributed by atoms with van der Waals surface area (Å²) in [7, 11) is 0. The molecule has 5 nitrogen and oxygen atoms in total. The van der Waals surface area contributed by atoms with Gasteiger partial charge in [-0.1, -0.05) is 26.2 Å². The first-order valence-corrected chi connectivity index (χ1v) is 6.61. The third kappa shape index (κ3) is 3.55. The van der Waals surface area contributed by atoms with Crippen molar-refractivity contribution in [3.8, 4) is 0 Å². The average molecular weight is 255 g/mol. The van der Waals surface area contributed by atoms with Gasteiger partial charge in [-0.2, -0.15) is 0 Å². The number of hydrogen-bond acceptors (Lipinski definition) is 4. The Kier molecular flexibility index (Phi) is 5.82. The van der Waals surface area contributed by atoms with Gasteiger partial charge in [0.15, 0.2) is 0 Å². The number of hydrogen-bond donors (Lipinski definition) is 0. The van der Waals surface area contributed by atoms with Crippen LogP contribution >= 0.6 is 0 Å². The van der Waals surface area contributed by atoms with E-state index in [-0.39, 0.29) is 13.2 Å².